The Morgan fingerprint density at radius 1 is 1.11 bits per heavy atom. The second-order valence-corrected chi connectivity index (χ2v) is 7.48. The maximum Gasteiger partial charge on any atom is 0.408 e. The fourth-order valence-electron chi connectivity index (χ4n) is 4.27. The van der Waals surface area contributed by atoms with Crippen LogP contribution >= 0.6 is 0 Å². The number of ether oxygens (including phenoxy) is 2. The number of hydrogen-bond donors (Lipinski definition) is 1. The van der Waals surface area contributed by atoms with Gasteiger partial charge in [-0.2, -0.15) is 0 Å². The molecule has 2 aliphatic rings. The second-order valence-electron chi connectivity index (χ2n) is 7.48. The standard InChI is InChI=1S/C24H25NO3/c1-2-18(15-17-11-13-27-14-12-17)25-24(26)28-16-23-21-9-5-3-7-19(21)20-8-4-6-10-22(20)23/h1,3-10,17-18,23H,11-16H2,(H,25,26). The molecule has 1 atom stereocenters. The smallest absolute Gasteiger partial charge is 0.408 e. The van der Waals surface area contributed by atoms with E-state index < -0.39 is 6.09 Å². The summed E-state index contributed by atoms with van der Waals surface area (Å²) in [6.07, 6.45) is 7.93. The average molecular weight is 375 g/mol. The number of terminal acetylenes is 1. The van der Waals surface area contributed by atoms with Gasteiger partial charge in [0.15, 0.2) is 0 Å². The molecule has 1 saturated heterocycles. The summed E-state index contributed by atoms with van der Waals surface area (Å²) in [5.41, 5.74) is 4.83. The number of alkyl carbamates (subject to hydrolysis) is 1. The molecule has 4 rings (SSSR count). The summed E-state index contributed by atoms with van der Waals surface area (Å²) < 4.78 is 11.0. The van der Waals surface area contributed by atoms with Crippen molar-refractivity contribution in [2.45, 2.75) is 31.2 Å². The van der Waals surface area contributed by atoms with Crippen molar-refractivity contribution in [2.24, 2.45) is 5.92 Å². The summed E-state index contributed by atoms with van der Waals surface area (Å²) in [6.45, 7) is 1.84. The van der Waals surface area contributed by atoms with E-state index in [1.807, 2.05) is 24.3 Å². The van der Waals surface area contributed by atoms with E-state index in [0.717, 1.165) is 32.5 Å². The van der Waals surface area contributed by atoms with Crippen LogP contribution in [-0.2, 0) is 9.47 Å². The van der Waals surface area contributed by atoms with Crippen LogP contribution in [0.25, 0.3) is 11.1 Å². The van der Waals surface area contributed by atoms with Gasteiger partial charge in [0.2, 0.25) is 0 Å². The molecule has 4 heteroatoms. The van der Waals surface area contributed by atoms with Gasteiger partial charge in [-0.3, -0.25) is 0 Å². The molecule has 0 radical (unpaired) electrons. The summed E-state index contributed by atoms with van der Waals surface area (Å²) >= 11 is 0. The van der Waals surface area contributed by atoms with Crippen LogP contribution in [0.4, 0.5) is 4.79 Å². The van der Waals surface area contributed by atoms with Crippen LogP contribution in [0.1, 0.15) is 36.3 Å². The van der Waals surface area contributed by atoms with Gasteiger partial charge in [-0.1, -0.05) is 54.5 Å². The molecule has 1 heterocycles. The molecule has 1 aliphatic heterocycles. The third-order valence-electron chi connectivity index (χ3n) is 5.75. The van der Waals surface area contributed by atoms with Crippen LogP contribution in [0.3, 0.4) is 0 Å². The van der Waals surface area contributed by atoms with Crippen LogP contribution in [0, 0.1) is 18.3 Å². The molecule has 1 amide bonds. The predicted octanol–water partition coefficient (Wildman–Crippen LogP) is 4.34. The Kier molecular flexibility index (Phi) is 5.64. The highest BCUT2D eigenvalue weighted by atomic mass is 16.5. The first-order valence-electron chi connectivity index (χ1n) is 9.91. The Morgan fingerprint density at radius 2 is 1.71 bits per heavy atom. The lowest BCUT2D eigenvalue weighted by atomic mass is 9.93. The highest BCUT2D eigenvalue weighted by Gasteiger charge is 2.29. The third kappa shape index (κ3) is 3.90. The maximum absolute atomic E-state index is 12.4. The molecule has 1 unspecified atom stereocenters. The van der Waals surface area contributed by atoms with E-state index in [2.05, 4.69) is 35.5 Å². The van der Waals surface area contributed by atoms with Gasteiger partial charge in [-0.25, -0.2) is 4.79 Å². The number of rotatable bonds is 5. The number of amides is 1. The molecule has 28 heavy (non-hydrogen) atoms. The van der Waals surface area contributed by atoms with Crippen molar-refractivity contribution in [1.82, 2.24) is 5.32 Å². The Morgan fingerprint density at radius 3 is 2.32 bits per heavy atom. The Bertz CT molecular complexity index is 834. The normalized spacial score (nSPS) is 17.2. The molecule has 1 N–H and O–H groups in total. The van der Waals surface area contributed by atoms with Gasteiger partial charge in [0, 0.05) is 19.1 Å². The summed E-state index contributed by atoms with van der Waals surface area (Å²) in [5.74, 6) is 3.23. The molecule has 2 aromatic carbocycles. The van der Waals surface area contributed by atoms with Crippen molar-refractivity contribution in [1.29, 1.82) is 0 Å². The number of hydrogen-bond acceptors (Lipinski definition) is 3. The molecule has 1 aliphatic carbocycles. The summed E-state index contributed by atoms with van der Waals surface area (Å²) in [7, 11) is 0. The second kappa shape index (κ2) is 8.50. The van der Waals surface area contributed by atoms with Crippen molar-refractivity contribution in [3.8, 4) is 23.5 Å². The molecule has 0 spiro atoms. The summed E-state index contributed by atoms with van der Waals surface area (Å²) in [4.78, 5) is 12.4. The lowest BCUT2D eigenvalue weighted by Crippen LogP contribution is -2.37. The first kappa shape index (κ1) is 18.6. The van der Waals surface area contributed by atoms with E-state index in [0.29, 0.717) is 12.5 Å². The number of carbonyl (C=O) groups excluding carboxylic acids is 1. The molecule has 1 fully saturated rings. The van der Waals surface area contributed by atoms with Crippen LogP contribution in [0.5, 0.6) is 0 Å². The van der Waals surface area contributed by atoms with E-state index in [4.69, 9.17) is 15.9 Å². The van der Waals surface area contributed by atoms with Gasteiger partial charge in [-0.15, -0.1) is 6.42 Å². The van der Waals surface area contributed by atoms with Crippen molar-refractivity contribution in [3.63, 3.8) is 0 Å². The van der Waals surface area contributed by atoms with E-state index in [9.17, 15) is 4.79 Å². The SMILES string of the molecule is C#CC(CC1CCOCC1)NC(=O)OCC1c2ccccc2-c2ccccc21. The Balaban J connectivity index is 1.37. The highest BCUT2D eigenvalue weighted by Crippen LogP contribution is 2.44. The third-order valence-corrected chi connectivity index (χ3v) is 5.75. The van der Waals surface area contributed by atoms with E-state index >= 15 is 0 Å². The van der Waals surface area contributed by atoms with Gasteiger partial charge in [0.05, 0.1) is 6.04 Å². The van der Waals surface area contributed by atoms with Crippen molar-refractivity contribution in [2.75, 3.05) is 19.8 Å². The Labute approximate surface area is 166 Å². The minimum absolute atomic E-state index is 0.0536. The zero-order valence-electron chi connectivity index (χ0n) is 15.9. The minimum Gasteiger partial charge on any atom is -0.449 e. The molecule has 0 aromatic heterocycles. The fraction of sp³-hybridized carbons (Fsp3) is 0.375. The molecule has 2 aromatic rings. The molecule has 4 nitrogen and oxygen atoms in total. The van der Waals surface area contributed by atoms with E-state index in [1.165, 1.54) is 22.3 Å². The Hall–Kier alpha value is -2.77. The van der Waals surface area contributed by atoms with E-state index in [-0.39, 0.29) is 12.0 Å². The van der Waals surface area contributed by atoms with Crippen LogP contribution in [0.2, 0.25) is 0 Å². The van der Waals surface area contributed by atoms with E-state index in [1.54, 1.807) is 0 Å². The quantitative estimate of drug-likeness (QED) is 0.791. The largest absolute Gasteiger partial charge is 0.449 e. The average Bonchev–Trinajstić information content (AvgIpc) is 3.06. The zero-order chi connectivity index (χ0) is 19.3. The maximum atomic E-state index is 12.4. The van der Waals surface area contributed by atoms with Crippen molar-refractivity contribution in [3.05, 3.63) is 59.7 Å². The minimum atomic E-state index is -0.447. The molecular weight excluding hydrogens is 350 g/mol. The molecular formula is C24H25NO3. The summed E-state index contributed by atoms with van der Waals surface area (Å²) in [5, 5.41) is 2.85. The fourth-order valence-corrected chi connectivity index (χ4v) is 4.27. The topological polar surface area (TPSA) is 47.6 Å². The number of carbonyl (C=O) groups is 1. The predicted molar refractivity (Wildman–Crippen MR) is 109 cm³/mol. The molecule has 0 saturated carbocycles. The van der Waals surface area contributed by atoms with Gasteiger partial charge in [-0.05, 0) is 47.4 Å². The number of nitrogens with one attached hydrogen (secondary N) is 1. The highest BCUT2D eigenvalue weighted by molar-refractivity contribution is 5.79. The molecule has 0 bridgehead atoms. The summed E-state index contributed by atoms with van der Waals surface area (Å²) in [6, 6.07) is 16.3. The van der Waals surface area contributed by atoms with Crippen LogP contribution < -0.4 is 5.32 Å². The number of benzene rings is 2. The first-order valence-corrected chi connectivity index (χ1v) is 9.91. The molecule has 144 valence electrons. The van der Waals surface area contributed by atoms with Gasteiger partial charge in [0.1, 0.15) is 6.61 Å². The van der Waals surface area contributed by atoms with Gasteiger partial charge < -0.3 is 14.8 Å². The monoisotopic (exact) mass is 375 g/mol. The van der Waals surface area contributed by atoms with Crippen LogP contribution in [-0.4, -0.2) is 32.0 Å². The first-order chi connectivity index (χ1) is 13.8. The van der Waals surface area contributed by atoms with Crippen molar-refractivity contribution >= 4 is 6.09 Å². The zero-order valence-corrected chi connectivity index (χ0v) is 15.9. The van der Waals surface area contributed by atoms with Crippen LogP contribution in [0.15, 0.2) is 48.5 Å². The van der Waals surface area contributed by atoms with Crippen molar-refractivity contribution < 1.29 is 14.3 Å². The lowest BCUT2D eigenvalue weighted by Gasteiger charge is -2.24. The van der Waals surface area contributed by atoms with Gasteiger partial charge >= 0.3 is 6.09 Å². The van der Waals surface area contributed by atoms with Gasteiger partial charge in [0.25, 0.3) is 0 Å². The number of fused-ring (bicyclic) bond motifs is 3. The lowest BCUT2D eigenvalue weighted by molar-refractivity contribution is 0.0619.